The van der Waals surface area contributed by atoms with E-state index in [0.29, 0.717) is 40.7 Å². The number of aromatic nitrogens is 8. The van der Waals surface area contributed by atoms with Crippen molar-refractivity contribution in [2.24, 2.45) is 0 Å². The summed E-state index contributed by atoms with van der Waals surface area (Å²) in [6, 6.07) is 139. The molecule has 0 spiro atoms. The van der Waals surface area contributed by atoms with Gasteiger partial charge in [-0.25, -0.2) is 19.9 Å². The van der Waals surface area contributed by atoms with Gasteiger partial charge in [-0.1, -0.05) is 456 Å². The Morgan fingerprint density at radius 1 is 0.341 bits per heavy atom. The van der Waals surface area contributed by atoms with Gasteiger partial charge in [0, 0.05) is 85.5 Å². The summed E-state index contributed by atoms with van der Waals surface area (Å²) in [7, 11) is -6.95. The van der Waals surface area contributed by atoms with E-state index in [1.54, 1.807) is 6.33 Å². The van der Waals surface area contributed by atoms with Crippen LogP contribution in [0.1, 0.15) is 41.5 Å². The Bertz CT molecular complexity index is 5470. The van der Waals surface area contributed by atoms with Gasteiger partial charge in [0.05, 0.1) is 11.1 Å². The van der Waals surface area contributed by atoms with E-state index in [0.717, 1.165) is 46.5 Å². The topological polar surface area (TPSA) is 141 Å². The van der Waals surface area contributed by atoms with E-state index >= 15 is 0 Å². The number of aromatic amines is 1. The van der Waals surface area contributed by atoms with Crippen molar-refractivity contribution in [1.82, 2.24) is 38.3 Å². The SMILES string of the molecule is CC(C)[Si](C(C)C)(C(C)C)n1ccc(B(O)O)c1.C[Si](C)(C)CCOCn1ccc2c(-c3cc[nH]c3)ncnc21.C[Si](C)(C)CCOCn1ccc2c(Cl)ncnc21.[Pd].c1ccc(P(c2ccccc2)c2ccccc2)cc1.c1ccc(P(c2ccccc2)c2ccccc2)cc1.c1ccc(P(c2ccccc2)c2ccccc2)cc1.c1ccc(P(c2ccccc2)c2ccccc2)cc1. The minimum Gasteiger partial charge on any atom is -0.423 e. The van der Waals surface area contributed by atoms with E-state index in [1.807, 2.05) is 64.5 Å². The largest absolute Gasteiger partial charge is 0.489 e. The second kappa shape index (κ2) is 54.0. The zero-order valence-electron chi connectivity index (χ0n) is 79.4. The molecule has 0 radical (unpaired) electrons. The van der Waals surface area contributed by atoms with Crippen molar-refractivity contribution in [2.45, 2.75) is 123 Å². The fraction of sp³-hybridized carbons (Fsp3) is 0.186. The fourth-order valence-corrected chi connectivity index (χ4v) is 33.8. The van der Waals surface area contributed by atoms with Crippen LogP contribution in [0.2, 0.25) is 73.1 Å². The summed E-state index contributed by atoms with van der Waals surface area (Å²) in [5, 5.41) is 37.7. The summed E-state index contributed by atoms with van der Waals surface area (Å²) in [5.74, 6) is 0. The van der Waals surface area contributed by atoms with E-state index in [2.05, 4.69) is 480 Å². The molecular formula is C113H126BClN8O4P4PdSi3. The molecule has 6 aromatic heterocycles. The zero-order valence-corrected chi connectivity index (χ0v) is 88.3. The van der Waals surface area contributed by atoms with Gasteiger partial charge in [0.2, 0.25) is 0 Å². The van der Waals surface area contributed by atoms with Crippen molar-refractivity contribution < 1.29 is 39.9 Å². The number of nitrogens with one attached hydrogen (secondary N) is 1. The summed E-state index contributed by atoms with van der Waals surface area (Å²) in [4.78, 5) is 20.1. The first-order chi connectivity index (χ1) is 65.1. The van der Waals surface area contributed by atoms with E-state index in [-0.39, 0.29) is 20.4 Å². The molecule has 22 heteroatoms. The van der Waals surface area contributed by atoms with Gasteiger partial charge in [-0.3, -0.25) is 0 Å². The van der Waals surface area contributed by atoms with E-state index in [1.165, 1.54) is 82.1 Å². The molecule has 18 aromatic rings. The molecule has 0 bridgehead atoms. The first-order valence-corrected chi connectivity index (χ1v) is 61.3. The molecule has 135 heavy (non-hydrogen) atoms. The van der Waals surface area contributed by atoms with Crippen molar-refractivity contribution in [3.8, 4) is 11.3 Å². The maximum atomic E-state index is 9.28. The van der Waals surface area contributed by atoms with Crippen LogP contribution in [0.3, 0.4) is 0 Å². The van der Waals surface area contributed by atoms with E-state index < -0.39 is 63.2 Å². The van der Waals surface area contributed by atoms with Gasteiger partial charge in [0.25, 0.3) is 0 Å². The number of halogens is 1. The van der Waals surface area contributed by atoms with Crippen molar-refractivity contribution in [3.63, 3.8) is 0 Å². The first kappa shape index (κ1) is 105. The molecule has 12 nitrogen and oxygen atoms in total. The standard InChI is InChI=1S/4C18H15P.C16H22N4OSi.C13H26BNO2Si.C12H18ClN3OSi.Pd/c4*1-4-10-16(11-5-1)19(17-12-6-2-7-13-17)18-14-8-3-9-15-18;1-22(2,3)9-8-21-12-20-7-5-14-15(13-4-6-17-10-13)18-11-19-16(14)20;1-10(2)18(11(3)4,12(5)6)15-8-7-13(9-15)14(16)17;1-18(2,3)7-6-17-9-16-5-4-10-11(13)14-8-15-12(10)16;/h4*1-15H;4-7,10-11,17H,8-9,12H2,1-3H3;7-12,16-17H,1-6H3;4-5,8H,6-7,9H2,1-3H3;. The summed E-state index contributed by atoms with van der Waals surface area (Å²) in [6.07, 6.45) is 14.8. The van der Waals surface area contributed by atoms with Crippen LogP contribution in [0, 0.1) is 0 Å². The molecule has 0 aliphatic rings. The number of hydrogen-bond donors (Lipinski definition) is 3. The van der Waals surface area contributed by atoms with Gasteiger partial charge in [0.15, 0.2) is 8.24 Å². The minimum atomic E-state index is -1.73. The molecule has 0 fully saturated rings. The number of hydrogen-bond acceptors (Lipinski definition) is 8. The predicted molar refractivity (Wildman–Crippen MR) is 589 cm³/mol. The third-order valence-corrected chi connectivity index (χ3v) is 43.0. The van der Waals surface area contributed by atoms with Gasteiger partial charge < -0.3 is 37.9 Å². The van der Waals surface area contributed by atoms with Gasteiger partial charge >= 0.3 is 7.12 Å². The maximum Gasteiger partial charge on any atom is 0.489 e. The molecule has 3 N–H and O–H groups in total. The number of ether oxygens (including phenoxy) is 2. The maximum absolute atomic E-state index is 9.28. The Labute approximate surface area is 828 Å². The molecule has 0 amide bonds. The van der Waals surface area contributed by atoms with Crippen molar-refractivity contribution in [1.29, 1.82) is 0 Å². The summed E-state index contributed by atoms with van der Waals surface area (Å²) in [6.45, 7) is 30.5. The molecule has 0 unspecified atom stereocenters. The van der Waals surface area contributed by atoms with Gasteiger partial charge in [0.1, 0.15) is 42.6 Å². The Morgan fingerprint density at radius 3 is 0.837 bits per heavy atom. The van der Waals surface area contributed by atoms with Gasteiger partial charge in [-0.15, -0.1) is 0 Å². The molecule has 0 saturated heterocycles. The molecule has 0 aliphatic heterocycles. The number of fused-ring (bicyclic) bond motifs is 2. The first-order valence-electron chi connectivity index (χ1n) is 46.0. The van der Waals surface area contributed by atoms with Crippen molar-refractivity contribution in [3.05, 3.63) is 443 Å². The van der Waals surface area contributed by atoms with Crippen LogP contribution in [0.5, 0.6) is 0 Å². The average Bonchev–Trinajstić information content (AvgIpc) is 1.70. The normalized spacial score (nSPS) is 11.3. The summed E-state index contributed by atoms with van der Waals surface area (Å²) in [5.41, 5.74) is 6.17. The molecule has 0 aliphatic carbocycles. The number of nitrogens with zero attached hydrogens (tertiary/aromatic N) is 7. The van der Waals surface area contributed by atoms with E-state index in [4.69, 9.17) is 21.1 Å². The smallest absolute Gasteiger partial charge is 0.423 e. The van der Waals surface area contributed by atoms with Crippen LogP contribution in [0.25, 0.3) is 33.3 Å². The summed E-state index contributed by atoms with van der Waals surface area (Å²) < 4.78 is 17.8. The minimum absolute atomic E-state index is 0. The Morgan fingerprint density at radius 2 is 0.600 bits per heavy atom. The molecule has 694 valence electrons. The van der Waals surface area contributed by atoms with E-state index in [9.17, 15) is 10.0 Å². The van der Waals surface area contributed by atoms with Crippen LogP contribution in [0.15, 0.2) is 438 Å². The third-order valence-electron chi connectivity index (χ3n) is 22.8. The van der Waals surface area contributed by atoms with Crippen LogP contribution in [-0.4, -0.2) is 93.1 Å². The van der Waals surface area contributed by atoms with Crippen LogP contribution in [0.4, 0.5) is 0 Å². The second-order valence-corrected chi connectivity index (χ2v) is 61.9. The van der Waals surface area contributed by atoms with Gasteiger partial charge in [-0.2, -0.15) is 0 Å². The zero-order chi connectivity index (χ0) is 94.5. The van der Waals surface area contributed by atoms with Crippen LogP contribution >= 0.6 is 43.3 Å². The number of benzene rings is 12. The molecule has 0 saturated carbocycles. The molecule has 18 rings (SSSR count). The quantitative estimate of drug-likeness (QED) is 0.0191. The Kier molecular flexibility index (Phi) is 42.0. The average molecular weight is 2020 g/mol. The predicted octanol–water partition coefficient (Wildman–Crippen LogP) is 23.1. The molecular weight excluding hydrogens is 1890 g/mol. The second-order valence-electron chi connectivity index (χ2n) is 35.7. The van der Waals surface area contributed by atoms with Crippen LogP contribution in [-0.2, 0) is 43.4 Å². The van der Waals surface area contributed by atoms with Crippen molar-refractivity contribution >= 4 is 166 Å². The molecule has 6 heterocycles. The summed E-state index contributed by atoms with van der Waals surface area (Å²) >= 11 is 5.99. The number of rotatable bonds is 28. The Hall–Kier alpha value is -10.3. The third kappa shape index (κ3) is 30.8. The fourth-order valence-electron chi connectivity index (χ4n) is 16.4. The van der Waals surface area contributed by atoms with Gasteiger partial charge in [-0.05, 0) is 166 Å². The molecule has 12 aromatic carbocycles. The Balaban J connectivity index is 0.000000151. The monoisotopic (exact) mass is 2020 g/mol. The van der Waals surface area contributed by atoms with Crippen LogP contribution < -0.4 is 69.1 Å². The number of H-pyrrole nitrogens is 1. The molecule has 0 atom stereocenters. The van der Waals surface area contributed by atoms with Crippen molar-refractivity contribution in [2.75, 3.05) is 13.2 Å².